The van der Waals surface area contributed by atoms with Gasteiger partial charge in [0.05, 0.1) is 6.61 Å². The van der Waals surface area contributed by atoms with Crippen molar-refractivity contribution in [1.82, 2.24) is 4.90 Å². The standard InChI is InChI=1S/C14H26N2OS/c1-5-11(2)16(6-7-17-4)10-13-8-14(9-15)18-12(13)3/h8,11H,5-7,9-10,15H2,1-4H3. The first-order valence-corrected chi connectivity index (χ1v) is 7.45. The highest BCUT2D eigenvalue weighted by atomic mass is 32.1. The van der Waals surface area contributed by atoms with Gasteiger partial charge in [0, 0.05) is 42.5 Å². The summed E-state index contributed by atoms with van der Waals surface area (Å²) < 4.78 is 5.20. The third-order valence-corrected chi connectivity index (χ3v) is 4.56. The smallest absolute Gasteiger partial charge is 0.0589 e. The Kier molecular flexibility index (Phi) is 6.86. The molecule has 1 heterocycles. The molecule has 4 heteroatoms. The summed E-state index contributed by atoms with van der Waals surface area (Å²) >= 11 is 1.82. The van der Waals surface area contributed by atoms with Gasteiger partial charge in [0.15, 0.2) is 0 Å². The fraction of sp³-hybridized carbons (Fsp3) is 0.714. The minimum absolute atomic E-state index is 0.584. The van der Waals surface area contributed by atoms with E-state index < -0.39 is 0 Å². The molecule has 1 unspecified atom stereocenters. The van der Waals surface area contributed by atoms with Crippen LogP contribution in [0.1, 0.15) is 35.6 Å². The Bertz CT molecular complexity index is 352. The SMILES string of the molecule is CCC(C)N(CCOC)Cc1cc(CN)sc1C. The lowest BCUT2D eigenvalue weighted by atomic mass is 10.1. The van der Waals surface area contributed by atoms with Crippen LogP contribution in [0.15, 0.2) is 6.07 Å². The second-order valence-corrected chi connectivity index (χ2v) is 6.06. The molecule has 0 aliphatic heterocycles. The molecule has 0 aromatic carbocycles. The van der Waals surface area contributed by atoms with Crippen molar-refractivity contribution >= 4 is 11.3 Å². The van der Waals surface area contributed by atoms with E-state index in [1.807, 2.05) is 11.3 Å². The van der Waals surface area contributed by atoms with Gasteiger partial charge in [-0.05, 0) is 31.9 Å². The Labute approximate surface area is 115 Å². The number of thiophene rings is 1. The Morgan fingerprint density at radius 3 is 2.72 bits per heavy atom. The lowest BCUT2D eigenvalue weighted by Gasteiger charge is -2.28. The van der Waals surface area contributed by atoms with Crippen molar-refractivity contribution in [2.45, 2.75) is 46.3 Å². The van der Waals surface area contributed by atoms with Gasteiger partial charge in [-0.25, -0.2) is 0 Å². The summed E-state index contributed by atoms with van der Waals surface area (Å²) in [4.78, 5) is 5.15. The van der Waals surface area contributed by atoms with E-state index >= 15 is 0 Å². The second kappa shape index (κ2) is 7.89. The summed E-state index contributed by atoms with van der Waals surface area (Å²) in [6, 6.07) is 2.84. The molecule has 3 nitrogen and oxygen atoms in total. The average Bonchev–Trinajstić information content (AvgIpc) is 2.74. The molecule has 1 aromatic rings. The number of hydrogen-bond donors (Lipinski definition) is 1. The van der Waals surface area contributed by atoms with Crippen molar-refractivity contribution in [2.75, 3.05) is 20.3 Å². The second-order valence-electron chi connectivity index (χ2n) is 4.72. The normalized spacial score (nSPS) is 13.2. The van der Waals surface area contributed by atoms with Crippen molar-refractivity contribution in [3.63, 3.8) is 0 Å². The number of methoxy groups -OCH3 is 1. The van der Waals surface area contributed by atoms with E-state index in [4.69, 9.17) is 10.5 Å². The monoisotopic (exact) mass is 270 g/mol. The van der Waals surface area contributed by atoms with Gasteiger partial charge in [0.2, 0.25) is 0 Å². The molecule has 0 radical (unpaired) electrons. The van der Waals surface area contributed by atoms with Crippen LogP contribution in [0.5, 0.6) is 0 Å². The number of hydrogen-bond acceptors (Lipinski definition) is 4. The molecule has 0 saturated carbocycles. The number of nitrogens with two attached hydrogens (primary N) is 1. The van der Waals surface area contributed by atoms with Crippen LogP contribution in [-0.2, 0) is 17.8 Å². The van der Waals surface area contributed by atoms with Crippen molar-refractivity contribution < 1.29 is 4.74 Å². The Morgan fingerprint density at radius 1 is 1.50 bits per heavy atom. The van der Waals surface area contributed by atoms with Crippen LogP contribution in [0, 0.1) is 6.92 Å². The zero-order chi connectivity index (χ0) is 13.5. The maximum absolute atomic E-state index is 5.71. The summed E-state index contributed by atoms with van der Waals surface area (Å²) in [5, 5.41) is 0. The van der Waals surface area contributed by atoms with E-state index in [1.165, 1.54) is 15.3 Å². The zero-order valence-corrected chi connectivity index (χ0v) is 12.8. The topological polar surface area (TPSA) is 38.5 Å². The maximum atomic E-state index is 5.71. The molecule has 1 rings (SSSR count). The van der Waals surface area contributed by atoms with Gasteiger partial charge in [-0.15, -0.1) is 11.3 Å². The lowest BCUT2D eigenvalue weighted by molar-refractivity contribution is 0.118. The molecular formula is C14H26N2OS. The first-order chi connectivity index (χ1) is 8.62. The molecule has 2 N–H and O–H groups in total. The lowest BCUT2D eigenvalue weighted by Crippen LogP contribution is -2.34. The van der Waals surface area contributed by atoms with E-state index in [0.29, 0.717) is 12.6 Å². The number of ether oxygens (including phenoxy) is 1. The number of aryl methyl sites for hydroxylation is 1. The summed E-state index contributed by atoms with van der Waals surface area (Å²) in [6.45, 7) is 10.1. The third-order valence-electron chi connectivity index (χ3n) is 3.44. The molecule has 104 valence electrons. The molecule has 0 aliphatic carbocycles. The highest BCUT2D eigenvalue weighted by Crippen LogP contribution is 2.23. The Hall–Kier alpha value is -0.420. The van der Waals surface area contributed by atoms with E-state index in [1.54, 1.807) is 7.11 Å². The van der Waals surface area contributed by atoms with Gasteiger partial charge in [0.25, 0.3) is 0 Å². The average molecular weight is 270 g/mol. The van der Waals surface area contributed by atoms with Gasteiger partial charge in [0.1, 0.15) is 0 Å². The predicted octanol–water partition coefficient (Wildman–Crippen LogP) is 2.76. The van der Waals surface area contributed by atoms with Gasteiger partial charge < -0.3 is 10.5 Å². The molecule has 0 fully saturated rings. The largest absolute Gasteiger partial charge is 0.383 e. The Balaban J connectivity index is 2.71. The summed E-state index contributed by atoms with van der Waals surface area (Å²) in [5.74, 6) is 0. The molecule has 1 atom stereocenters. The van der Waals surface area contributed by atoms with E-state index in [2.05, 4.69) is 31.7 Å². The van der Waals surface area contributed by atoms with Crippen LogP contribution in [0.4, 0.5) is 0 Å². The minimum Gasteiger partial charge on any atom is -0.383 e. The number of rotatable bonds is 8. The summed E-state index contributed by atoms with van der Waals surface area (Å²) in [7, 11) is 1.76. The number of nitrogens with zero attached hydrogens (tertiary/aromatic N) is 1. The fourth-order valence-corrected chi connectivity index (χ4v) is 2.92. The molecule has 18 heavy (non-hydrogen) atoms. The predicted molar refractivity (Wildman–Crippen MR) is 79.0 cm³/mol. The fourth-order valence-electron chi connectivity index (χ4n) is 1.99. The summed E-state index contributed by atoms with van der Waals surface area (Å²) in [6.07, 6.45) is 1.16. The molecule has 0 amide bonds. The highest BCUT2D eigenvalue weighted by molar-refractivity contribution is 7.12. The molecule has 0 saturated heterocycles. The molecule has 0 bridgehead atoms. The van der Waals surface area contributed by atoms with E-state index in [-0.39, 0.29) is 0 Å². The minimum atomic E-state index is 0.584. The third kappa shape index (κ3) is 4.35. The van der Waals surface area contributed by atoms with Crippen LogP contribution in [0.25, 0.3) is 0 Å². The van der Waals surface area contributed by atoms with Crippen LogP contribution in [0.3, 0.4) is 0 Å². The van der Waals surface area contributed by atoms with Crippen molar-refractivity contribution in [1.29, 1.82) is 0 Å². The molecule has 0 aliphatic rings. The maximum Gasteiger partial charge on any atom is 0.0589 e. The van der Waals surface area contributed by atoms with Gasteiger partial charge >= 0.3 is 0 Å². The van der Waals surface area contributed by atoms with Crippen LogP contribution >= 0.6 is 11.3 Å². The zero-order valence-electron chi connectivity index (χ0n) is 12.0. The Morgan fingerprint density at radius 2 is 2.22 bits per heavy atom. The van der Waals surface area contributed by atoms with Gasteiger partial charge in [-0.1, -0.05) is 6.92 Å². The molecule has 0 spiro atoms. The molecule has 1 aromatic heterocycles. The van der Waals surface area contributed by atoms with Crippen LogP contribution < -0.4 is 5.73 Å². The van der Waals surface area contributed by atoms with Gasteiger partial charge in [-0.3, -0.25) is 4.90 Å². The van der Waals surface area contributed by atoms with E-state index in [0.717, 1.165) is 26.1 Å². The first-order valence-electron chi connectivity index (χ1n) is 6.63. The van der Waals surface area contributed by atoms with Crippen molar-refractivity contribution in [3.05, 3.63) is 21.4 Å². The highest BCUT2D eigenvalue weighted by Gasteiger charge is 2.14. The van der Waals surface area contributed by atoms with Crippen molar-refractivity contribution in [3.8, 4) is 0 Å². The quantitative estimate of drug-likeness (QED) is 0.789. The van der Waals surface area contributed by atoms with E-state index in [9.17, 15) is 0 Å². The van der Waals surface area contributed by atoms with Crippen LogP contribution in [0.2, 0.25) is 0 Å². The first kappa shape index (κ1) is 15.6. The van der Waals surface area contributed by atoms with Crippen molar-refractivity contribution in [2.24, 2.45) is 5.73 Å². The molecular weight excluding hydrogens is 244 g/mol. The summed E-state index contributed by atoms with van der Waals surface area (Å²) in [5.41, 5.74) is 7.12. The van der Waals surface area contributed by atoms with Gasteiger partial charge in [-0.2, -0.15) is 0 Å². The van der Waals surface area contributed by atoms with Crippen LogP contribution in [-0.4, -0.2) is 31.2 Å².